The molecular weight excluding hydrogens is 834 g/mol. The SMILES string of the molecule is CC/C=C\C/C=C\C/C=C\C/C=C\C/C=C\C/C=C\C/C=C\C/C=C\CCCCCCCCCCCCC(=O)OC(COC(=O)CCCCCCCCCCC)COP(=O)(O)OCCN. The van der Waals surface area contributed by atoms with Crippen LogP contribution in [0.15, 0.2) is 97.2 Å². The van der Waals surface area contributed by atoms with Crippen molar-refractivity contribution in [2.24, 2.45) is 5.73 Å². The zero-order chi connectivity index (χ0) is 47.4. The normalized spacial score (nSPS) is 14.0. The Hall–Kier alpha value is -3.07. The van der Waals surface area contributed by atoms with Crippen molar-refractivity contribution in [2.45, 2.75) is 213 Å². The van der Waals surface area contributed by atoms with Crippen LogP contribution >= 0.6 is 7.82 Å². The first-order valence-corrected chi connectivity index (χ1v) is 27.2. The molecule has 0 aromatic carbocycles. The monoisotopic (exact) mass is 928 g/mol. The number of rotatable bonds is 47. The van der Waals surface area contributed by atoms with Crippen LogP contribution in [0, 0.1) is 0 Å². The smallest absolute Gasteiger partial charge is 0.462 e. The Balaban J connectivity index is 3.94. The molecule has 65 heavy (non-hydrogen) atoms. The molecule has 0 aliphatic carbocycles. The second kappa shape index (κ2) is 50.3. The Kier molecular flexibility index (Phi) is 48.0. The van der Waals surface area contributed by atoms with Crippen molar-refractivity contribution < 1.29 is 37.6 Å². The maximum Gasteiger partial charge on any atom is 0.472 e. The van der Waals surface area contributed by atoms with Gasteiger partial charge in [-0.05, 0) is 77.0 Å². The molecular formula is C55H94NO8P. The summed E-state index contributed by atoms with van der Waals surface area (Å²) in [5.41, 5.74) is 5.35. The van der Waals surface area contributed by atoms with Crippen LogP contribution in [-0.4, -0.2) is 49.3 Å². The highest BCUT2D eigenvalue weighted by Gasteiger charge is 2.26. The number of phosphoric acid groups is 1. The number of allylic oxidation sites excluding steroid dienone is 16. The highest BCUT2D eigenvalue weighted by Crippen LogP contribution is 2.43. The van der Waals surface area contributed by atoms with Gasteiger partial charge in [0.25, 0.3) is 0 Å². The van der Waals surface area contributed by atoms with E-state index >= 15 is 0 Å². The van der Waals surface area contributed by atoms with E-state index in [1.54, 1.807) is 0 Å². The first kappa shape index (κ1) is 61.9. The van der Waals surface area contributed by atoms with E-state index in [1.807, 2.05) is 0 Å². The van der Waals surface area contributed by atoms with E-state index in [2.05, 4.69) is 111 Å². The molecule has 0 aliphatic heterocycles. The molecule has 0 spiro atoms. The van der Waals surface area contributed by atoms with Crippen molar-refractivity contribution >= 4 is 19.8 Å². The molecule has 0 heterocycles. The van der Waals surface area contributed by atoms with Crippen molar-refractivity contribution in [3.05, 3.63) is 97.2 Å². The Morgan fingerprint density at radius 2 is 0.846 bits per heavy atom. The first-order chi connectivity index (χ1) is 31.8. The summed E-state index contributed by atoms with van der Waals surface area (Å²) in [6.07, 6.45) is 66.1. The van der Waals surface area contributed by atoms with E-state index < -0.39 is 26.5 Å². The van der Waals surface area contributed by atoms with E-state index in [1.165, 1.54) is 77.0 Å². The lowest BCUT2D eigenvalue weighted by molar-refractivity contribution is -0.161. The lowest BCUT2D eigenvalue weighted by Gasteiger charge is -2.19. The molecule has 0 amide bonds. The quantitative estimate of drug-likeness (QED) is 0.0265. The molecule has 0 saturated heterocycles. The van der Waals surface area contributed by atoms with Crippen LogP contribution in [-0.2, 0) is 32.7 Å². The highest BCUT2D eigenvalue weighted by molar-refractivity contribution is 7.47. The average Bonchev–Trinajstić information content (AvgIpc) is 3.30. The number of nitrogens with two attached hydrogens (primary N) is 1. The fourth-order valence-corrected chi connectivity index (χ4v) is 7.47. The van der Waals surface area contributed by atoms with Gasteiger partial charge in [0, 0.05) is 19.4 Å². The van der Waals surface area contributed by atoms with E-state index in [4.69, 9.17) is 24.3 Å². The van der Waals surface area contributed by atoms with Crippen LogP contribution < -0.4 is 5.73 Å². The summed E-state index contributed by atoms with van der Waals surface area (Å²) in [4.78, 5) is 34.9. The van der Waals surface area contributed by atoms with Crippen LogP contribution in [0.2, 0.25) is 0 Å². The van der Waals surface area contributed by atoms with E-state index in [9.17, 15) is 19.0 Å². The molecule has 0 aromatic heterocycles. The Morgan fingerprint density at radius 3 is 1.26 bits per heavy atom. The largest absolute Gasteiger partial charge is 0.472 e. The van der Waals surface area contributed by atoms with Gasteiger partial charge in [0.15, 0.2) is 6.10 Å². The lowest BCUT2D eigenvalue weighted by Crippen LogP contribution is -2.29. The molecule has 372 valence electrons. The fraction of sp³-hybridized carbons (Fsp3) is 0.673. The molecule has 0 radical (unpaired) electrons. The van der Waals surface area contributed by atoms with Gasteiger partial charge in [0.05, 0.1) is 13.2 Å². The molecule has 0 aliphatic rings. The second-order valence-electron chi connectivity index (χ2n) is 16.7. The number of hydrogen-bond donors (Lipinski definition) is 2. The van der Waals surface area contributed by atoms with Gasteiger partial charge in [0.2, 0.25) is 0 Å². The van der Waals surface area contributed by atoms with Crippen LogP contribution in [0.25, 0.3) is 0 Å². The topological polar surface area (TPSA) is 134 Å². The van der Waals surface area contributed by atoms with Gasteiger partial charge in [-0.2, -0.15) is 0 Å². The average molecular weight is 928 g/mol. The van der Waals surface area contributed by atoms with Gasteiger partial charge in [-0.1, -0.05) is 214 Å². The zero-order valence-corrected chi connectivity index (χ0v) is 42.1. The predicted molar refractivity (Wildman–Crippen MR) is 275 cm³/mol. The molecule has 2 unspecified atom stereocenters. The number of hydrogen-bond acceptors (Lipinski definition) is 8. The van der Waals surface area contributed by atoms with Crippen molar-refractivity contribution in [3.8, 4) is 0 Å². The van der Waals surface area contributed by atoms with Crippen LogP contribution in [0.4, 0.5) is 0 Å². The van der Waals surface area contributed by atoms with Crippen LogP contribution in [0.3, 0.4) is 0 Å². The molecule has 0 bridgehead atoms. The number of phosphoric ester groups is 1. The number of esters is 2. The number of ether oxygens (including phenoxy) is 2. The highest BCUT2D eigenvalue weighted by atomic mass is 31.2. The Morgan fingerprint density at radius 1 is 0.477 bits per heavy atom. The third kappa shape index (κ3) is 50.2. The molecule has 3 N–H and O–H groups in total. The van der Waals surface area contributed by atoms with Gasteiger partial charge in [-0.15, -0.1) is 0 Å². The second-order valence-corrected chi connectivity index (χ2v) is 18.1. The number of carbonyl (C=O) groups excluding carboxylic acids is 2. The zero-order valence-electron chi connectivity index (χ0n) is 41.2. The van der Waals surface area contributed by atoms with E-state index in [0.717, 1.165) is 96.3 Å². The van der Waals surface area contributed by atoms with Crippen molar-refractivity contribution in [1.82, 2.24) is 0 Å². The van der Waals surface area contributed by atoms with Crippen molar-refractivity contribution in [2.75, 3.05) is 26.4 Å². The van der Waals surface area contributed by atoms with Gasteiger partial charge < -0.3 is 20.1 Å². The van der Waals surface area contributed by atoms with Crippen LogP contribution in [0.5, 0.6) is 0 Å². The summed E-state index contributed by atoms with van der Waals surface area (Å²) in [6, 6.07) is 0. The van der Waals surface area contributed by atoms with Gasteiger partial charge in [-0.25, -0.2) is 4.57 Å². The van der Waals surface area contributed by atoms with Crippen LogP contribution in [0.1, 0.15) is 206 Å². The maximum atomic E-state index is 12.6. The van der Waals surface area contributed by atoms with Crippen molar-refractivity contribution in [1.29, 1.82) is 0 Å². The summed E-state index contributed by atoms with van der Waals surface area (Å²) < 4.78 is 32.8. The molecule has 10 heteroatoms. The Bertz CT molecular complexity index is 1380. The molecule has 2 atom stereocenters. The van der Waals surface area contributed by atoms with Crippen molar-refractivity contribution in [3.63, 3.8) is 0 Å². The minimum Gasteiger partial charge on any atom is -0.462 e. The summed E-state index contributed by atoms with van der Waals surface area (Å²) in [5, 5.41) is 0. The fourth-order valence-electron chi connectivity index (χ4n) is 6.71. The summed E-state index contributed by atoms with van der Waals surface area (Å²) in [6.45, 7) is 3.58. The third-order valence-corrected chi connectivity index (χ3v) is 11.5. The molecule has 0 fully saturated rings. The first-order valence-electron chi connectivity index (χ1n) is 25.7. The summed E-state index contributed by atoms with van der Waals surface area (Å²) in [5.74, 6) is -0.840. The van der Waals surface area contributed by atoms with E-state index in [-0.39, 0.29) is 38.6 Å². The van der Waals surface area contributed by atoms with Gasteiger partial charge in [-0.3, -0.25) is 18.6 Å². The predicted octanol–water partition coefficient (Wildman–Crippen LogP) is 15.7. The third-order valence-electron chi connectivity index (χ3n) is 10.5. The van der Waals surface area contributed by atoms with Gasteiger partial charge in [0.1, 0.15) is 6.61 Å². The summed E-state index contributed by atoms with van der Waals surface area (Å²) >= 11 is 0. The number of unbranched alkanes of at least 4 members (excludes halogenated alkanes) is 18. The van der Waals surface area contributed by atoms with E-state index in [0.29, 0.717) is 6.42 Å². The lowest BCUT2D eigenvalue weighted by atomic mass is 10.0. The standard InChI is InChI=1S/C55H94NO8P/c1-3-5-7-9-11-13-14-15-16-17-18-19-20-21-22-23-24-25-26-27-28-29-30-31-32-33-34-35-36-37-38-40-42-44-46-48-55(58)64-53(52-63-65(59,60)62-50-49-56)51-61-54(57)47-45-43-41-39-12-10-8-6-4-2/h5,7,11,13,15-16,18-19,21-22,24-25,27-28,30-31,53H,3-4,6,8-10,12,14,17,20,23,26,29,32-52,56H2,1-2H3,(H,59,60)/b7-5-,13-11-,16-15-,19-18-,22-21-,25-24-,28-27-,31-30-. The summed E-state index contributed by atoms with van der Waals surface area (Å²) in [7, 11) is -4.38. The Labute approximate surface area is 397 Å². The maximum absolute atomic E-state index is 12.6. The molecule has 0 aromatic rings. The van der Waals surface area contributed by atoms with Gasteiger partial charge >= 0.3 is 19.8 Å². The minimum absolute atomic E-state index is 0.0496. The molecule has 9 nitrogen and oxygen atoms in total. The molecule has 0 saturated carbocycles. The number of carbonyl (C=O) groups is 2. The minimum atomic E-state index is -4.38. The molecule has 0 rings (SSSR count).